The molecule has 2 heterocycles. The molecule has 3 nitrogen and oxygen atoms in total. The fraction of sp³-hybridized carbons (Fsp3) is 0.0357. The summed E-state index contributed by atoms with van der Waals surface area (Å²) in [5.74, 6) is 0.0177. The van der Waals surface area contributed by atoms with Gasteiger partial charge in [-0.2, -0.15) is 0 Å². The Kier molecular flexibility index (Phi) is 4.37. The molecule has 1 atom stereocenters. The van der Waals surface area contributed by atoms with E-state index in [-0.39, 0.29) is 11.9 Å². The molecule has 1 amide bonds. The normalized spacial score (nSPS) is 15.3. The molecule has 154 valence electrons. The van der Waals surface area contributed by atoms with Crippen LogP contribution in [0.1, 0.15) is 27.5 Å². The van der Waals surface area contributed by atoms with Crippen LogP contribution in [0.4, 0.5) is 5.69 Å². The second-order valence-electron chi connectivity index (χ2n) is 7.97. The van der Waals surface area contributed by atoms with Crippen molar-refractivity contribution in [2.75, 3.05) is 4.90 Å². The predicted octanol–water partition coefficient (Wildman–Crippen LogP) is 7.24. The summed E-state index contributed by atoms with van der Waals surface area (Å²) in [7, 11) is 0. The molecule has 1 N–H and O–H groups in total. The molecule has 32 heavy (non-hydrogen) atoms. The molecule has 0 saturated carbocycles. The van der Waals surface area contributed by atoms with Crippen molar-refractivity contribution < 1.29 is 4.79 Å². The van der Waals surface area contributed by atoms with E-state index in [4.69, 9.17) is 11.6 Å². The van der Waals surface area contributed by atoms with Crippen LogP contribution in [-0.2, 0) is 0 Å². The van der Waals surface area contributed by atoms with E-state index in [0.717, 1.165) is 44.5 Å². The molecular weight excluding hydrogens is 416 g/mol. The first kappa shape index (κ1) is 18.9. The van der Waals surface area contributed by atoms with Gasteiger partial charge in [-0.1, -0.05) is 78.3 Å². The first-order valence-electron chi connectivity index (χ1n) is 10.6. The minimum atomic E-state index is -0.247. The van der Waals surface area contributed by atoms with Crippen LogP contribution in [0.3, 0.4) is 0 Å². The summed E-state index contributed by atoms with van der Waals surface area (Å²) in [6.07, 6.45) is 0. The van der Waals surface area contributed by atoms with Crippen LogP contribution in [0, 0.1) is 0 Å². The van der Waals surface area contributed by atoms with Gasteiger partial charge in [0.1, 0.15) is 0 Å². The molecule has 1 aliphatic heterocycles. The lowest BCUT2D eigenvalue weighted by Gasteiger charge is -2.27. The fourth-order valence-electron chi connectivity index (χ4n) is 4.75. The number of fused-ring (bicyclic) bond motifs is 2. The second kappa shape index (κ2) is 7.40. The summed E-state index contributed by atoms with van der Waals surface area (Å²) in [4.78, 5) is 19.2. The van der Waals surface area contributed by atoms with Gasteiger partial charge in [-0.3, -0.25) is 9.69 Å². The number of rotatable bonds is 3. The van der Waals surface area contributed by atoms with E-state index in [1.54, 1.807) is 0 Å². The lowest BCUT2D eigenvalue weighted by molar-refractivity contribution is 0.0993. The smallest absolute Gasteiger partial charge is 0.259 e. The summed E-state index contributed by atoms with van der Waals surface area (Å²) in [6, 6.07) is 33.7. The number of benzene rings is 4. The Morgan fingerprint density at radius 2 is 1.44 bits per heavy atom. The third kappa shape index (κ3) is 2.86. The van der Waals surface area contributed by atoms with Gasteiger partial charge < -0.3 is 4.98 Å². The zero-order valence-electron chi connectivity index (χ0n) is 17.1. The molecular formula is C28H19ClN2O. The lowest BCUT2D eigenvalue weighted by Crippen LogP contribution is -2.28. The monoisotopic (exact) mass is 434 g/mol. The summed E-state index contributed by atoms with van der Waals surface area (Å²) in [5, 5.41) is 1.80. The molecule has 0 saturated heterocycles. The van der Waals surface area contributed by atoms with Crippen LogP contribution in [-0.4, -0.2) is 10.9 Å². The molecule has 0 bridgehead atoms. The molecule has 1 aliphatic rings. The average Bonchev–Trinajstić information content (AvgIpc) is 3.35. The zero-order valence-corrected chi connectivity index (χ0v) is 17.9. The largest absolute Gasteiger partial charge is 0.354 e. The molecule has 4 aromatic carbocycles. The standard InChI is InChI=1S/C28H19ClN2O/c29-19-16-14-18(15-17-19)26-25(23-12-6-7-13-24(23)30-26)27-21-10-4-5-11-22(21)28(32)31(27)20-8-2-1-3-9-20/h1-17,27,30H/t27-/m1/s1. The average molecular weight is 435 g/mol. The summed E-state index contributed by atoms with van der Waals surface area (Å²) < 4.78 is 0. The number of aromatic amines is 1. The van der Waals surface area contributed by atoms with Crippen molar-refractivity contribution in [3.05, 3.63) is 125 Å². The van der Waals surface area contributed by atoms with Gasteiger partial charge in [0, 0.05) is 32.7 Å². The van der Waals surface area contributed by atoms with E-state index in [0.29, 0.717) is 5.02 Å². The van der Waals surface area contributed by atoms with Crippen molar-refractivity contribution in [1.29, 1.82) is 0 Å². The van der Waals surface area contributed by atoms with Crippen LogP contribution in [0.2, 0.25) is 5.02 Å². The van der Waals surface area contributed by atoms with Gasteiger partial charge >= 0.3 is 0 Å². The molecule has 0 radical (unpaired) electrons. The van der Waals surface area contributed by atoms with Gasteiger partial charge in [0.15, 0.2) is 0 Å². The van der Waals surface area contributed by atoms with Gasteiger partial charge in [0.05, 0.1) is 11.7 Å². The molecule has 0 fully saturated rings. The number of halogens is 1. The Morgan fingerprint density at radius 3 is 2.25 bits per heavy atom. The van der Waals surface area contributed by atoms with Gasteiger partial charge in [-0.05, 0) is 47.5 Å². The number of para-hydroxylation sites is 2. The zero-order chi connectivity index (χ0) is 21.7. The topological polar surface area (TPSA) is 36.1 Å². The van der Waals surface area contributed by atoms with E-state index in [9.17, 15) is 4.79 Å². The van der Waals surface area contributed by atoms with E-state index < -0.39 is 0 Å². The Morgan fingerprint density at radius 1 is 0.750 bits per heavy atom. The van der Waals surface area contributed by atoms with Gasteiger partial charge in [-0.25, -0.2) is 0 Å². The summed E-state index contributed by atoms with van der Waals surface area (Å²) >= 11 is 6.17. The minimum absolute atomic E-state index is 0.0177. The van der Waals surface area contributed by atoms with Gasteiger partial charge in [-0.15, -0.1) is 0 Å². The minimum Gasteiger partial charge on any atom is -0.354 e. The Balaban J connectivity index is 1.67. The van der Waals surface area contributed by atoms with Crippen LogP contribution in [0.15, 0.2) is 103 Å². The molecule has 0 spiro atoms. The maximum atomic E-state index is 13.6. The van der Waals surface area contributed by atoms with Crippen molar-refractivity contribution in [3.63, 3.8) is 0 Å². The highest BCUT2D eigenvalue weighted by molar-refractivity contribution is 6.30. The molecule has 6 rings (SSSR count). The summed E-state index contributed by atoms with van der Waals surface area (Å²) in [6.45, 7) is 0. The number of anilines is 1. The molecule has 5 aromatic rings. The van der Waals surface area contributed by atoms with E-state index in [1.807, 2.05) is 89.8 Å². The van der Waals surface area contributed by atoms with Crippen LogP contribution in [0.5, 0.6) is 0 Å². The van der Waals surface area contributed by atoms with E-state index in [2.05, 4.69) is 23.2 Å². The quantitative estimate of drug-likeness (QED) is 0.319. The van der Waals surface area contributed by atoms with Gasteiger partial charge in [0.2, 0.25) is 0 Å². The number of nitrogens with one attached hydrogen (secondary N) is 1. The Bertz CT molecular complexity index is 1450. The summed E-state index contributed by atoms with van der Waals surface area (Å²) in [5.41, 5.74) is 6.80. The third-order valence-corrected chi connectivity index (χ3v) is 6.40. The van der Waals surface area contributed by atoms with Crippen molar-refractivity contribution >= 4 is 34.1 Å². The lowest BCUT2D eigenvalue weighted by atomic mass is 9.93. The van der Waals surface area contributed by atoms with Crippen LogP contribution in [0.25, 0.3) is 22.2 Å². The van der Waals surface area contributed by atoms with Crippen LogP contribution >= 0.6 is 11.6 Å². The number of hydrogen-bond donors (Lipinski definition) is 1. The number of carbonyl (C=O) groups is 1. The third-order valence-electron chi connectivity index (χ3n) is 6.15. The maximum absolute atomic E-state index is 13.6. The highest BCUT2D eigenvalue weighted by Gasteiger charge is 2.40. The number of H-pyrrole nitrogens is 1. The Labute approximate surface area is 190 Å². The number of amides is 1. The van der Waals surface area contributed by atoms with E-state index in [1.165, 1.54) is 0 Å². The Hall–Kier alpha value is -3.82. The number of nitrogens with zero attached hydrogens (tertiary/aromatic N) is 1. The maximum Gasteiger partial charge on any atom is 0.259 e. The molecule has 0 aliphatic carbocycles. The van der Waals surface area contributed by atoms with Crippen molar-refractivity contribution in [2.24, 2.45) is 0 Å². The van der Waals surface area contributed by atoms with Crippen molar-refractivity contribution in [3.8, 4) is 11.3 Å². The van der Waals surface area contributed by atoms with E-state index >= 15 is 0 Å². The van der Waals surface area contributed by atoms with Crippen molar-refractivity contribution in [2.45, 2.75) is 6.04 Å². The SMILES string of the molecule is O=C1c2ccccc2[C@H](c2c(-c3ccc(Cl)cc3)[nH]c3ccccc23)N1c1ccccc1. The fourth-order valence-corrected chi connectivity index (χ4v) is 4.87. The first-order chi connectivity index (χ1) is 15.7. The highest BCUT2D eigenvalue weighted by Crippen LogP contribution is 2.47. The highest BCUT2D eigenvalue weighted by atomic mass is 35.5. The number of carbonyl (C=O) groups excluding carboxylic acids is 1. The predicted molar refractivity (Wildman–Crippen MR) is 130 cm³/mol. The first-order valence-corrected chi connectivity index (χ1v) is 10.9. The molecule has 0 unspecified atom stereocenters. The second-order valence-corrected chi connectivity index (χ2v) is 8.40. The number of hydrogen-bond acceptors (Lipinski definition) is 1. The molecule has 4 heteroatoms. The number of aromatic nitrogens is 1. The van der Waals surface area contributed by atoms with Gasteiger partial charge in [0.25, 0.3) is 5.91 Å². The molecule has 1 aromatic heterocycles. The van der Waals surface area contributed by atoms with Crippen molar-refractivity contribution in [1.82, 2.24) is 4.98 Å². The van der Waals surface area contributed by atoms with Crippen LogP contribution < -0.4 is 4.90 Å².